The molecule has 1 aliphatic rings. The quantitative estimate of drug-likeness (QED) is 0.189. The fourth-order valence-corrected chi connectivity index (χ4v) is 4.88. The lowest BCUT2D eigenvalue weighted by Crippen LogP contribution is -2.34. The van der Waals surface area contributed by atoms with Crippen LogP contribution in [-0.2, 0) is 4.79 Å². The van der Waals surface area contributed by atoms with Crippen LogP contribution in [0.15, 0.2) is 54.8 Å². The highest BCUT2D eigenvalue weighted by Gasteiger charge is 2.19. The van der Waals surface area contributed by atoms with E-state index in [0.717, 1.165) is 43.5 Å². The van der Waals surface area contributed by atoms with Crippen molar-refractivity contribution in [1.29, 1.82) is 0 Å². The molecule has 0 radical (unpaired) electrons. The van der Waals surface area contributed by atoms with Crippen molar-refractivity contribution in [3.8, 4) is 5.75 Å². The summed E-state index contributed by atoms with van der Waals surface area (Å²) >= 11 is 0. The molecule has 0 atom stereocenters. The zero-order valence-corrected chi connectivity index (χ0v) is 22.6. The Morgan fingerprint density at radius 3 is 2.47 bits per heavy atom. The number of aromatic amines is 1. The number of benzene rings is 1. The van der Waals surface area contributed by atoms with Gasteiger partial charge in [-0.15, -0.1) is 0 Å². The molecule has 4 heteroatoms. The molecule has 0 aliphatic carbocycles. The molecule has 2 heterocycles. The van der Waals surface area contributed by atoms with Crippen LogP contribution in [0.4, 0.5) is 0 Å². The summed E-state index contributed by atoms with van der Waals surface area (Å²) in [6, 6.07) is 6.12. The van der Waals surface area contributed by atoms with Crippen LogP contribution in [0, 0.1) is 0 Å². The molecule has 1 aliphatic heterocycles. The summed E-state index contributed by atoms with van der Waals surface area (Å²) in [7, 11) is 1.70. The van der Waals surface area contributed by atoms with E-state index in [1.807, 2.05) is 11.0 Å². The van der Waals surface area contributed by atoms with Crippen LogP contribution in [0.25, 0.3) is 16.5 Å². The molecule has 0 saturated heterocycles. The Morgan fingerprint density at radius 2 is 1.75 bits per heavy atom. The largest absolute Gasteiger partial charge is 0.497 e. The van der Waals surface area contributed by atoms with Gasteiger partial charge in [0, 0.05) is 42.2 Å². The third-order valence-electron chi connectivity index (χ3n) is 7.14. The van der Waals surface area contributed by atoms with Crippen molar-refractivity contribution in [2.24, 2.45) is 0 Å². The highest BCUT2D eigenvalue weighted by atomic mass is 16.5. The van der Waals surface area contributed by atoms with Gasteiger partial charge in [-0.25, -0.2) is 0 Å². The molecule has 1 N–H and O–H groups in total. The minimum Gasteiger partial charge on any atom is -0.497 e. The summed E-state index contributed by atoms with van der Waals surface area (Å²) < 4.78 is 5.40. The van der Waals surface area contributed by atoms with Crippen LogP contribution < -0.4 is 4.74 Å². The molecule has 0 fully saturated rings. The number of ether oxygens (including phenoxy) is 1. The van der Waals surface area contributed by atoms with E-state index in [0.29, 0.717) is 18.9 Å². The van der Waals surface area contributed by atoms with Crippen molar-refractivity contribution < 1.29 is 9.53 Å². The number of nitrogens with one attached hydrogen (secondary N) is 1. The van der Waals surface area contributed by atoms with E-state index in [1.165, 1.54) is 67.9 Å². The normalized spacial score (nSPS) is 14.3. The fraction of sp³-hybridized carbons (Fsp3) is 0.531. The third kappa shape index (κ3) is 9.04. The van der Waals surface area contributed by atoms with E-state index in [4.69, 9.17) is 4.74 Å². The zero-order chi connectivity index (χ0) is 25.4. The number of carbonyl (C=O) groups excluding carboxylic acids is 1. The second-order valence-electron chi connectivity index (χ2n) is 9.91. The van der Waals surface area contributed by atoms with Gasteiger partial charge < -0.3 is 14.6 Å². The summed E-state index contributed by atoms with van der Waals surface area (Å²) in [5.74, 6) is 1.17. The molecule has 0 saturated carbocycles. The number of rotatable bonds is 16. The molecular weight excluding hydrogens is 444 g/mol. The number of hydrogen-bond donors (Lipinski definition) is 1. The number of H-pyrrole nitrogens is 1. The Labute approximate surface area is 218 Å². The Morgan fingerprint density at radius 1 is 1.00 bits per heavy atom. The van der Waals surface area contributed by atoms with Crippen LogP contribution >= 0.6 is 0 Å². The lowest BCUT2D eigenvalue weighted by atomic mass is 9.98. The first-order chi connectivity index (χ1) is 17.7. The Bertz CT molecular complexity index is 1010. The lowest BCUT2D eigenvalue weighted by molar-refractivity contribution is -0.130. The van der Waals surface area contributed by atoms with E-state index < -0.39 is 0 Å². The highest BCUT2D eigenvalue weighted by Crippen LogP contribution is 2.31. The molecule has 1 aromatic heterocycles. The smallest absolute Gasteiger partial charge is 0.222 e. The number of nitrogens with zero attached hydrogens (tertiary/aromatic N) is 1. The number of unbranched alkanes of at least 4 members (excludes halogenated alkanes) is 8. The van der Waals surface area contributed by atoms with Crippen molar-refractivity contribution >= 4 is 22.4 Å². The van der Waals surface area contributed by atoms with Crippen molar-refractivity contribution in [3.05, 3.63) is 60.3 Å². The van der Waals surface area contributed by atoms with Crippen molar-refractivity contribution in [3.63, 3.8) is 0 Å². The Kier molecular flexibility index (Phi) is 12.4. The standard InChI is InChI=1S/C32H46N2O2/c1-3-4-5-6-7-8-9-10-11-12-13-14-15-16-17-18-32(35)34-23-21-27(22-24-34)30-26-33-31-20-19-28(36-2)25-29(30)31/h7-8,10-11,19-21,25-26,33H,3-6,9,12-18,22-24H2,1-2H3/b8-7-,11-10-. The van der Waals surface area contributed by atoms with Gasteiger partial charge in [0.1, 0.15) is 5.75 Å². The van der Waals surface area contributed by atoms with E-state index in [-0.39, 0.29) is 0 Å². The fourth-order valence-electron chi connectivity index (χ4n) is 4.88. The van der Waals surface area contributed by atoms with Crippen LogP contribution in [0.1, 0.15) is 96.0 Å². The number of allylic oxidation sites excluding steroid dienone is 4. The Hall–Kier alpha value is -2.75. The van der Waals surface area contributed by atoms with E-state index >= 15 is 0 Å². The van der Waals surface area contributed by atoms with Crippen LogP contribution in [0.3, 0.4) is 0 Å². The molecule has 0 spiro atoms. The minimum atomic E-state index is 0.302. The molecule has 0 bridgehead atoms. The summed E-state index contributed by atoms with van der Waals surface area (Å²) in [4.78, 5) is 18.1. The van der Waals surface area contributed by atoms with Crippen LogP contribution in [0.2, 0.25) is 0 Å². The number of fused-ring (bicyclic) bond motifs is 1. The number of amides is 1. The summed E-state index contributed by atoms with van der Waals surface area (Å²) in [6.45, 7) is 3.77. The maximum atomic E-state index is 12.7. The average Bonchev–Trinajstić information content (AvgIpc) is 3.34. The molecule has 2 aromatic rings. The van der Waals surface area contributed by atoms with Crippen molar-refractivity contribution in [1.82, 2.24) is 9.88 Å². The van der Waals surface area contributed by atoms with Gasteiger partial charge in [-0.2, -0.15) is 0 Å². The topological polar surface area (TPSA) is 45.3 Å². The Balaban J connectivity index is 1.26. The molecule has 1 amide bonds. The average molecular weight is 491 g/mol. The molecular formula is C32H46N2O2. The van der Waals surface area contributed by atoms with Gasteiger partial charge in [0.05, 0.1) is 7.11 Å². The maximum Gasteiger partial charge on any atom is 0.222 e. The van der Waals surface area contributed by atoms with Gasteiger partial charge in [-0.05, 0) is 68.7 Å². The van der Waals surface area contributed by atoms with Gasteiger partial charge in [0.2, 0.25) is 5.91 Å². The molecule has 4 nitrogen and oxygen atoms in total. The van der Waals surface area contributed by atoms with Crippen molar-refractivity contribution in [2.75, 3.05) is 20.2 Å². The van der Waals surface area contributed by atoms with Gasteiger partial charge >= 0.3 is 0 Å². The van der Waals surface area contributed by atoms with Gasteiger partial charge in [-0.3, -0.25) is 4.79 Å². The van der Waals surface area contributed by atoms with E-state index in [9.17, 15) is 4.79 Å². The monoisotopic (exact) mass is 490 g/mol. The summed E-state index contributed by atoms with van der Waals surface area (Å²) in [6.07, 6.45) is 28.4. The number of carbonyl (C=O) groups is 1. The van der Waals surface area contributed by atoms with E-state index in [2.05, 4.69) is 60.6 Å². The molecule has 36 heavy (non-hydrogen) atoms. The van der Waals surface area contributed by atoms with Gasteiger partial charge in [0.15, 0.2) is 0 Å². The number of aromatic nitrogens is 1. The number of methoxy groups -OCH3 is 1. The molecule has 3 rings (SSSR count). The molecule has 1 aromatic carbocycles. The third-order valence-corrected chi connectivity index (χ3v) is 7.14. The molecule has 196 valence electrons. The SMILES string of the molecule is CCCCC/C=C\C/C=C\CCCCCCCC(=O)N1CC=C(c2c[nH]c3ccc(OC)cc23)CC1. The maximum absolute atomic E-state index is 12.7. The van der Waals surface area contributed by atoms with Gasteiger partial charge in [0.25, 0.3) is 0 Å². The van der Waals surface area contributed by atoms with E-state index in [1.54, 1.807) is 7.11 Å². The minimum absolute atomic E-state index is 0.302. The van der Waals surface area contributed by atoms with Crippen molar-refractivity contribution in [2.45, 2.75) is 90.4 Å². The van der Waals surface area contributed by atoms with Gasteiger partial charge in [-0.1, -0.05) is 69.4 Å². The predicted molar refractivity (Wildman–Crippen MR) is 153 cm³/mol. The summed E-state index contributed by atoms with van der Waals surface area (Å²) in [5, 5.41) is 1.19. The zero-order valence-electron chi connectivity index (χ0n) is 22.6. The second-order valence-corrected chi connectivity index (χ2v) is 9.91. The molecule has 0 unspecified atom stereocenters. The first-order valence-corrected chi connectivity index (χ1v) is 14.1. The summed E-state index contributed by atoms with van der Waals surface area (Å²) in [5.41, 5.74) is 3.66. The number of hydrogen-bond acceptors (Lipinski definition) is 2. The first-order valence-electron chi connectivity index (χ1n) is 14.1. The predicted octanol–water partition coefficient (Wildman–Crippen LogP) is 8.61. The highest BCUT2D eigenvalue weighted by molar-refractivity contribution is 5.94. The lowest BCUT2D eigenvalue weighted by Gasteiger charge is -2.26. The second kappa shape index (κ2) is 16.1. The first kappa shape index (κ1) is 27.8. The van der Waals surface area contributed by atoms with Crippen LogP contribution in [0.5, 0.6) is 5.75 Å². The van der Waals surface area contributed by atoms with Crippen LogP contribution in [-0.4, -0.2) is 36.0 Å².